The van der Waals surface area contributed by atoms with Crippen molar-refractivity contribution in [3.05, 3.63) is 59.4 Å². The van der Waals surface area contributed by atoms with Gasteiger partial charge in [-0.15, -0.1) is 0 Å². The lowest BCUT2D eigenvalue weighted by Crippen LogP contribution is -2.15. The summed E-state index contributed by atoms with van der Waals surface area (Å²) < 4.78 is 13.4. The number of carbonyl (C=O) groups is 1. The molecule has 2 aromatic rings. The molecule has 19 heavy (non-hydrogen) atoms. The summed E-state index contributed by atoms with van der Waals surface area (Å²) in [6.45, 7) is 1.74. The highest BCUT2D eigenvalue weighted by molar-refractivity contribution is 5.92. The Balaban J connectivity index is 2.05. The highest BCUT2D eigenvalue weighted by Crippen LogP contribution is 2.20. The van der Waals surface area contributed by atoms with Gasteiger partial charge in [0.15, 0.2) is 0 Å². The highest BCUT2D eigenvalue weighted by atomic mass is 19.1. The number of anilines is 1. The number of carbonyl (C=O) groups excluding carboxylic acids is 1. The highest BCUT2D eigenvalue weighted by Gasteiger charge is 2.08. The van der Waals surface area contributed by atoms with Crippen LogP contribution < -0.4 is 5.32 Å². The van der Waals surface area contributed by atoms with E-state index in [0.717, 1.165) is 0 Å². The van der Waals surface area contributed by atoms with E-state index >= 15 is 0 Å². The molecule has 2 rings (SSSR count). The Morgan fingerprint density at radius 1 is 1.26 bits per heavy atom. The summed E-state index contributed by atoms with van der Waals surface area (Å²) in [5, 5.41) is 12.1. The molecule has 0 bridgehead atoms. The van der Waals surface area contributed by atoms with Crippen molar-refractivity contribution < 1.29 is 14.3 Å². The van der Waals surface area contributed by atoms with Crippen LogP contribution in [0.3, 0.4) is 0 Å². The number of phenolic OH excluding ortho intramolecular Hbond substituents is 1. The van der Waals surface area contributed by atoms with E-state index in [-0.39, 0.29) is 23.9 Å². The zero-order chi connectivity index (χ0) is 13.8. The van der Waals surface area contributed by atoms with Gasteiger partial charge < -0.3 is 10.4 Å². The molecule has 0 unspecified atom stereocenters. The van der Waals surface area contributed by atoms with Crippen LogP contribution in [0.15, 0.2) is 42.5 Å². The van der Waals surface area contributed by atoms with Crippen molar-refractivity contribution in [2.24, 2.45) is 0 Å². The average molecular weight is 259 g/mol. The van der Waals surface area contributed by atoms with E-state index < -0.39 is 0 Å². The van der Waals surface area contributed by atoms with Gasteiger partial charge in [0.1, 0.15) is 11.6 Å². The van der Waals surface area contributed by atoms with Crippen LogP contribution in [0.25, 0.3) is 0 Å². The second-order valence-corrected chi connectivity index (χ2v) is 4.32. The van der Waals surface area contributed by atoms with E-state index in [1.54, 1.807) is 37.3 Å². The van der Waals surface area contributed by atoms with E-state index in [1.807, 2.05) is 0 Å². The summed E-state index contributed by atoms with van der Waals surface area (Å²) in [5.41, 5.74) is 1.61. The molecular weight excluding hydrogens is 245 g/mol. The SMILES string of the molecule is Cc1cc(NC(=O)Cc2ccccc2F)ccc1O. The molecule has 3 nitrogen and oxygen atoms in total. The quantitative estimate of drug-likeness (QED) is 0.832. The number of benzene rings is 2. The zero-order valence-corrected chi connectivity index (χ0v) is 10.5. The van der Waals surface area contributed by atoms with Crippen LogP contribution >= 0.6 is 0 Å². The minimum atomic E-state index is -0.389. The number of nitrogens with one attached hydrogen (secondary N) is 1. The van der Waals surface area contributed by atoms with E-state index in [2.05, 4.69) is 5.32 Å². The molecule has 0 radical (unpaired) electrons. The Labute approximate surface area is 110 Å². The van der Waals surface area contributed by atoms with Crippen LogP contribution in [0.5, 0.6) is 5.75 Å². The monoisotopic (exact) mass is 259 g/mol. The van der Waals surface area contributed by atoms with Gasteiger partial charge in [0.2, 0.25) is 5.91 Å². The van der Waals surface area contributed by atoms with Crippen molar-refractivity contribution in [3.8, 4) is 5.75 Å². The van der Waals surface area contributed by atoms with Crippen LogP contribution in [-0.4, -0.2) is 11.0 Å². The predicted molar refractivity (Wildman–Crippen MR) is 71.6 cm³/mol. The Bertz CT molecular complexity index is 611. The topological polar surface area (TPSA) is 49.3 Å². The summed E-state index contributed by atoms with van der Waals surface area (Å²) in [6.07, 6.45) is -0.0212. The number of rotatable bonds is 3. The molecule has 1 amide bonds. The summed E-state index contributed by atoms with van der Waals surface area (Å²) in [6, 6.07) is 10.9. The van der Waals surface area contributed by atoms with Crippen LogP contribution in [-0.2, 0) is 11.2 Å². The Morgan fingerprint density at radius 2 is 2.00 bits per heavy atom. The molecule has 0 saturated heterocycles. The number of amides is 1. The number of halogens is 1. The van der Waals surface area contributed by atoms with Crippen LogP contribution in [0, 0.1) is 12.7 Å². The molecule has 0 fully saturated rings. The lowest BCUT2D eigenvalue weighted by atomic mass is 10.1. The third kappa shape index (κ3) is 3.31. The first-order valence-electron chi connectivity index (χ1n) is 5.89. The standard InChI is InChI=1S/C15H14FNO2/c1-10-8-12(6-7-14(10)18)17-15(19)9-11-4-2-3-5-13(11)16/h2-8,18H,9H2,1H3,(H,17,19). The summed E-state index contributed by atoms with van der Waals surface area (Å²) in [7, 11) is 0. The first kappa shape index (κ1) is 13.1. The average Bonchev–Trinajstić information content (AvgIpc) is 2.37. The fourth-order valence-corrected chi connectivity index (χ4v) is 1.75. The maximum atomic E-state index is 13.4. The predicted octanol–water partition coefficient (Wildman–Crippen LogP) is 3.02. The van der Waals surface area contributed by atoms with Crippen molar-refractivity contribution in [3.63, 3.8) is 0 Å². The fourth-order valence-electron chi connectivity index (χ4n) is 1.75. The van der Waals surface area contributed by atoms with E-state index in [0.29, 0.717) is 16.8 Å². The van der Waals surface area contributed by atoms with Gasteiger partial charge in [-0.2, -0.15) is 0 Å². The molecule has 0 spiro atoms. The second kappa shape index (κ2) is 5.52. The first-order valence-corrected chi connectivity index (χ1v) is 5.89. The number of phenols is 1. The minimum Gasteiger partial charge on any atom is -0.508 e. The molecule has 0 aliphatic heterocycles. The van der Waals surface area contributed by atoms with Crippen molar-refractivity contribution in [1.29, 1.82) is 0 Å². The maximum Gasteiger partial charge on any atom is 0.228 e. The molecule has 0 heterocycles. The molecule has 0 atom stereocenters. The lowest BCUT2D eigenvalue weighted by Gasteiger charge is -2.07. The van der Waals surface area contributed by atoms with Crippen LogP contribution in [0.4, 0.5) is 10.1 Å². The van der Waals surface area contributed by atoms with Gasteiger partial charge in [-0.05, 0) is 42.3 Å². The molecule has 0 saturated carbocycles. The molecule has 4 heteroatoms. The molecule has 2 aromatic carbocycles. The van der Waals surface area contributed by atoms with Crippen molar-refractivity contribution in [2.75, 3.05) is 5.32 Å². The van der Waals surface area contributed by atoms with Gasteiger partial charge in [-0.3, -0.25) is 4.79 Å². The van der Waals surface area contributed by atoms with E-state index in [1.165, 1.54) is 12.1 Å². The lowest BCUT2D eigenvalue weighted by molar-refractivity contribution is -0.115. The number of hydrogen-bond donors (Lipinski definition) is 2. The largest absolute Gasteiger partial charge is 0.508 e. The van der Waals surface area contributed by atoms with Crippen molar-refractivity contribution in [1.82, 2.24) is 0 Å². The minimum absolute atomic E-state index is 0.0212. The first-order chi connectivity index (χ1) is 9.06. The van der Waals surface area contributed by atoms with Gasteiger partial charge >= 0.3 is 0 Å². The summed E-state index contributed by atoms with van der Waals surface area (Å²) in [5.74, 6) is -0.512. The molecular formula is C15H14FNO2. The summed E-state index contributed by atoms with van der Waals surface area (Å²) >= 11 is 0. The molecule has 2 N–H and O–H groups in total. The van der Waals surface area contributed by atoms with E-state index in [4.69, 9.17) is 0 Å². The second-order valence-electron chi connectivity index (χ2n) is 4.32. The zero-order valence-electron chi connectivity index (χ0n) is 10.5. The normalized spacial score (nSPS) is 10.2. The Hall–Kier alpha value is -2.36. The van der Waals surface area contributed by atoms with Crippen molar-refractivity contribution >= 4 is 11.6 Å². The molecule has 98 valence electrons. The van der Waals surface area contributed by atoms with Crippen LogP contribution in [0.2, 0.25) is 0 Å². The smallest absolute Gasteiger partial charge is 0.228 e. The van der Waals surface area contributed by atoms with E-state index in [9.17, 15) is 14.3 Å². The third-order valence-electron chi connectivity index (χ3n) is 2.79. The van der Waals surface area contributed by atoms with Crippen LogP contribution in [0.1, 0.15) is 11.1 Å². The molecule has 0 aliphatic rings. The van der Waals surface area contributed by atoms with Gasteiger partial charge in [-0.1, -0.05) is 18.2 Å². The molecule has 0 aliphatic carbocycles. The summed E-state index contributed by atoms with van der Waals surface area (Å²) in [4.78, 5) is 11.8. The van der Waals surface area contributed by atoms with Crippen molar-refractivity contribution in [2.45, 2.75) is 13.3 Å². The number of aromatic hydroxyl groups is 1. The number of hydrogen-bond acceptors (Lipinski definition) is 2. The van der Waals surface area contributed by atoms with Gasteiger partial charge in [0.25, 0.3) is 0 Å². The van der Waals surface area contributed by atoms with Gasteiger partial charge in [-0.25, -0.2) is 4.39 Å². The fraction of sp³-hybridized carbons (Fsp3) is 0.133. The van der Waals surface area contributed by atoms with Gasteiger partial charge in [0.05, 0.1) is 6.42 Å². The van der Waals surface area contributed by atoms with Gasteiger partial charge in [0, 0.05) is 5.69 Å². The third-order valence-corrected chi connectivity index (χ3v) is 2.79. The maximum absolute atomic E-state index is 13.4. The Kier molecular flexibility index (Phi) is 3.80. The Morgan fingerprint density at radius 3 is 2.68 bits per heavy atom. The molecule has 0 aromatic heterocycles. The number of aryl methyl sites for hydroxylation is 1.